The van der Waals surface area contributed by atoms with Gasteiger partial charge >= 0.3 is 0 Å². The predicted octanol–water partition coefficient (Wildman–Crippen LogP) is 4.79. The number of carbonyl (C=O) groups excluding carboxylic acids is 1. The number of rotatable bonds is 6. The number of Topliss-reactive ketones (excluding diaryl/α,β-unsaturated/α-hetero) is 1. The molecule has 0 aliphatic rings. The molecule has 0 aliphatic heterocycles. The van der Waals surface area contributed by atoms with E-state index in [9.17, 15) is 9.59 Å². The number of aryl methyl sites for hydroxylation is 1. The number of benzene rings is 2. The summed E-state index contributed by atoms with van der Waals surface area (Å²) in [6, 6.07) is 19.1. The minimum Gasteiger partial charge on any atom is -0.293 e. The topological polar surface area (TPSA) is 52.0 Å². The van der Waals surface area contributed by atoms with Gasteiger partial charge in [0.2, 0.25) is 0 Å². The largest absolute Gasteiger partial charge is 0.293 e. The zero-order chi connectivity index (χ0) is 19.5. The lowest BCUT2D eigenvalue weighted by atomic mass is 10.1. The monoisotopic (exact) mass is 406 g/mol. The fourth-order valence-corrected chi connectivity index (χ4v) is 4.56. The van der Waals surface area contributed by atoms with E-state index in [1.54, 1.807) is 16.7 Å². The van der Waals surface area contributed by atoms with Crippen molar-refractivity contribution in [2.75, 3.05) is 5.75 Å². The summed E-state index contributed by atoms with van der Waals surface area (Å²) in [5, 5.41) is 2.44. The van der Waals surface area contributed by atoms with Crippen LogP contribution in [0.15, 0.2) is 76.0 Å². The molecule has 4 nitrogen and oxygen atoms in total. The third-order valence-electron chi connectivity index (χ3n) is 4.42. The quantitative estimate of drug-likeness (QED) is 0.262. The van der Waals surface area contributed by atoms with Crippen molar-refractivity contribution in [1.82, 2.24) is 9.55 Å². The van der Waals surface area contributed by atoms with Crippen LogP contribution in [0.2, 0.25) is 0 Å². The van der Waals surface area contributed by atoms with Crippen LogP contribution in [-0.4, -0.2) is 21.1 Å². The fraction of sp³-hybridized carbons (Fsp3) is 0.136. The number of hydrogen-bond acceptors (Lipinski definition) is 5. The van der Waals surface area contributed by atoms with Crippen molar-refractivity contribution in [3.05, 3.63) is 93.1 Å². The molecule has 6 heteroatoms. The lowest BCUT2D eigenvalue weighted by Gasteiger charge is -2.12. The van der Waals surface area contributed by atoms with Gasteiger partial charge in [0, 0.05) is 5.56 Å². The van der Waals surface area contributed by atoms with Gasteiger partial charge < -0.3 is 0 Å². The van der Waals surface area contributed by atoms with Crippen molar-refractivity contribution in [2.24, 2.45) is 0 Å². The van der Waals surface area contributed by atoms with Gasteiger partial charge in [-0.3, -0.25) is 14.2 Å². The molecule has 140 valence electrons. The minimum absolute atomic E-state index is 0.0205. The summed E-state index contributed by atoms with van der Waals surface area (Å²) in [7, 11) is 0. The van der Waals surface area contributed by atoms with E-state index in [-0.39, 0.29) is 17.1 Å². The first-order valence-corrected chi connectivity index (χ1v) is 10.7. The zero-order valence-electron chi connectivity index (χ0n) is 15.3. The first-order valence-electron chi connectivity index (χ1n) is 8.86. The minimum atomic E-state index is -0.0600. The highest BCUT2D eigenvalue weighted by atomic mass is 32.2. The van der Waals surface area contributed by atoms with Gasteiger partial charge in [0.05, 0.1) is 17.8 Å². The number of carbonyl (C=O) groups is 1. The van der Waals surface area contributed by atoms with Crippen LogP contribution in [0, 0.1) is 6.92 Å². The Balaban J connectivity index is 1.66. The molecule has 4 aromatic rings. The number of thioether (sulfide) groups is 1. The van der Waals surface area contributed by atoms with E-state index in [1.807, 2.05) is 60.8 Å². The van der Waals surface area contributed by atoms with Gasteiger partial charge in [-0.2, -0.15) is 0 Å². The summed E-state index contributed by atoms with van der Waals surface area (Å²) < 4.78 is 2.32. The smallest absolute Gasteiger partial charge is 0.272 e. The third-order valence-corrected chi connectivity index (χ3v) is 6.29. The van der Waals surface area contributed by atoms with E-state index in [4.69, 9.17) is 0 Å². The third kappa shape index (κ3) is 3.93. The number of fused-ring (bicyclic) bond motifs is 1. The molecule has 0 saturated carbocycles. The average molecular weight is 407 g/mol. The predicted molar refractivity (Wildman–Crippen MR) is 116 cm³/mol. The molecule has 0 atom stereocenters. The van der Waals surface area contributed by atoms with Crippen molar-refractivity contribution in [1.29, 1.82) is 0 Å². The maximum Gasteiger partial charge on any atom is 0.272 e. The maximum atomic E-state index is 13.0. The molecule has 0 fully saturated rings. The molecule has 0 amide bonds. The summed E-state index contributed by atoms with van der Waals surface area (Å²) in [6.07, 6.45) is 0. The molecule has 28 heavy (non-hydrogen) atoms. The number of nitrogens with zero attached hydrogens (tertiary/aromatic N) is 2. The van der Waals surface area contributed by atoms with Crippen molar-refractivity contribution < 1.29 is 4.79 Å². The summed E-state index contributed by atoms with van der Waals surface area (Å²) in [4.78, 5) is 30.2. The van der Waals surface area contributed by atoms with E-state index in [2.05, 4.69) is 4.98 Å². The highest BCUT2D eigenvalue weighted by molar-refractivity contribution is 7.99. The molecule has 4 rings (SSSR count). The fourth-order valence-electron chi connectivity index (χ4n) is 2.89. The Morgan fingerprint density at radius 3 is 2.57 bits per heavy atom. The van der Waals surface area contributed by atoms with Crippen LogP contribution < -0.4 is 5.56 Å². The standard InChI is InChI=1S/C22H18N2O2S2/c1-15-7-9-16(10-8-15)13-24-21(26)20-18(11-12-27-20)23-22(24)28-14-19(25)17-5-3-2-4-6-17/h2-12H,13-14H2,1H3. The Labute approximate surface area is 170 Å². The van der Waals surface area contributed by atoms with Crippen molar-refractivity contribution in [2.45, 2.75) is 18.6 Å². The summed E-state index contributed by atoms with van der Waals surface area (Å²) in [5.41, 5.74) is 3.49. The zero-order valence-corrected chi connectivity index (χ0v) is 16.9. The van der Waals surface area contributed by atoms with Gasteiger partial charge in [0.15, 0.2) is 10.9 Å². The Morgan fingerprint density at radius 1 is 1.07 bits per heavy atom. The Bertz CT molecular complexity index is 1180. The van der Waals surface area contributed by atoms with Gasteiger partial charge in [-0.05, 0) is 23.9 Å². The summed E-state index contributed by atoms with van der Waals surface area (Å²) in [6.45, 7) is 2.47. The number of aromatic nitrogens is 2. The molecule has 2 aromatic carbocycles. The molecule has 0 unspecified atom stereocenters. The molecular weight excluding hydrogens is 388 g/mol. The number of ketones is 1. The molecule has 0 N–H and O–H groups in total. The first-order chi connectivity index (χ1) is 13.6. The molecular formula is C22H18N2O2S2. The van der Waals surface area contributed by atoms with E-state index in [0.717, 1.165) is 5.56 Å². The van der Waals surface area contributed by atoms with Gasteiger partial charge in [-0.25, -0.2) is 4.98 Å². The SMILES string of the molecule is Cc1ccc(Cn2c(SCC(=O)c3ccccc3)nc3ccsc3c2=O)cc1. The number of thiophene rings is 1. The van der Waals surface area contributed by atoms with Crippen LogP contribution in [0.4, 0.5) is 0 Å². The van der Waals surface area contributed by atoms with Gasteiger partial charge in [0.1, 0.15) is 4.70 Å². The molecule has 0 radical (unpaired) electrons. The molecule has 0 aliphatic carbocycles. The van der Waals surface area contributed by atoms with E-state index in [1.165, 1.54) is 28.7 Å². The van der Waals surface area contributed by atoms with Crippen molar-refractivity contribution in [3.63, 3.8) is 0 Å². The van der Waals surface area contributed by atoms with E-state index >= 15 is 0 Å². The Hall–Kier alpha value is -2.70. The van der Waals surface area contributed by atoms with Crippen LogP contribution in [0.3, 0.4) is 0 Å². The molecule has 0 bridgehead atoms. The van der Waals surface area contributed by atoms with Gasteiger partial charge in [-0.15, -0.1) is 11.3 Å². The van der Waals surface area contributed by atoms with Crippen LogP contribution in [0.25, 0.3) is 10.2 Å². The normalized spacial score (nSPS) is 11.0. The van der Waals surface area contributed by atoms with Gasteiger partial charge in [0.25, 0.3) is 5.56 Å². The number of hydrogen-bond donors (Lipinski definition) is 0. The molecule has 0 saturated heterocycles. The van der Waals surface area contributed by atoms with Crippen molar-refractivity contribution in [3.8, 4) is 0 Å². The van der Waals surface area contributed by atoms with E-state index in [0.29, 0.717) is 27.5 Å². The second-order valence-corrected chi connectivity index (χ2v) is 8.34. The molecule has 2 aromatic heterocycles. The molecule has 0 spiro atoms. The first kappa shape index (κ1) is 18.7. The van der Waals surface area contributed by atoms with Crippen LogP contribution in [0.1, 0.15) is 21.5 Å². The summed E-state index contributed by atoms with van der Waals surface area (Å²) in [5.74, 6) is 0.257. The maximum absolute atomic E-state index is 13.0. The van der Waals surface area contributed by atoms with Gasteiger partial charge in [-0.1, -0.05) is 71.9 Å². The summed E-state index contributed by atoms with van der Waals surface area (Å²) >= 11 is 2.71. The van der Waals surface area contributed by atoms with Crippen molar-refractivity contribution >= 4 is 39.1 Å². The Morgan fingerprint density at radius 2 is 1.82 bits per heavy atom. The average Bonchev–Trinajstić information content (AvgIpc) is 3.19. The van der Waals surface area contributed by atoms with Crippen LogP contribution in [0.5, 0.6) is 0 Å². The van der Waals surface area contributed by atoms with Crippen LogP contribution in [-0.2, 0) is 6.54 Å². The second-order valence-electron chi connectivity index (χ2n) is 6.48. The highest BCUT2D eigenvalue weighted by Crippen LogP contribution is 2.22. The second kappa shape index (κ2) is 8.12. The van der Waals surface area contributed by atoms with E-state index < -0.39 is 0 Å². The lowest BCUT2D eigenvalue weighted by molar-refractivity contribution is 0.102. The van der Waals surface area contributed by atoms with Crippen LogP contribution >= 0.6 is 23.1 Å². The lowest BCUT2D eigenvalue weighted by Crippen LogP contribution is -2.23. The Kier molecular flexibility index (Phi) is 5.41. The molecule has 2 heterocycles. The highest BCUT2D eigenvalue weighted by Gasteiger charge is 2.15.